The van der Waals surface area contributed by atoms with Crippen LogP contribution < -0.4 is 10.6 Å². The zero-order valence-electron chi connectivity index (χ0n) is 17.4. The first kappa shape index (κ1) is 19.4. The normalized spacial score (nSPS) is 10.8. The van der Waals surface area contributed by atoms with E-state index in [-0.39, 0.29) is 5.91 Å². The molecular formula is C25H20N6O. The highest BCUT2D eigenvalue weighted by Crippen LogP contribution is 2.22. The Kier molecular flexibility index (Phi) is 5.05. The van der Waals surface area contributed by atoms with Crippen molar-refractivity contribution in [1.82, 2.24) is 19.5 Å². The van der Waals surface area contributed by atoms with E-state index in [0.29, 0.717) is 22.9 Å². The molecule has 7 heteroatoms. The number of carbonyl (C=O) groups is 1. The van der Waals surface area contributed by atoms with Gasteiger partial charge in [0.1, 0.15) is 23.8 Å². The molecule has 2 aromatic heterocycles. The summed E-state index contributed by atoms with van der Waals surface area (Å²) in [7, 11) is 0. The quantitative estimate of drug-likeness (QED) is 0.412. The monoisotopic (exact) mass is 420 g/mol. The maximum atomic E-state index is 12.8. The molecule has 5 aromatic rings. The predicted octanol–water partition coefficient (Wildman–Crippen LogP) is 5.12. The van der Waals surface area contributed by atoms with Crippen molar-refractivity contribution in [3.8, 4) is 5.82 Å². The summed E-state index contributed by atoms with van der Waals surface area (Å²) in [4.78, 5) is 25.8. The molecule has 0 unspecified atom stereocenters. The predicted molar refractivity (Wildman–Crippen MR) is 126 cm³/mol. The number of nitrogens with one attached hydrogen (secondary N) is 2. The number of rotatable bonds is 5. The molecule has 2 heterocycles. The van der Waals surface area contributed by atoms with E-state index in [1.165, 1.54) is 0 Å². The van der Waals surface area contributed by atoms with Crippen LogP contribution in [0.3, 0.4) is 0 Å². The van der Waals surface area contributed by atoms with E-state index in [1.54, 1.807) is 12.5 Å². The van der Waals surface area contributed by atoms with Gasteiger partial charge in [-0.15, -0.1) is 0 Å². The van der Waals surface area contributed by atoms with Gasteiger partial charge in [0.2, 0.25) is 0 Å². The first-order chi connectivity index (χ1) is 15.7. The van der Waals surface area contributed by atoms with E-state index in [9.17, 15) is 4.79 Å². The number of imidazole rings is 1. The highest BCUT2D eigenvalue weighted by atomic mass is 16.1. The Labute approximate surface area is 184 Å². The number of benzene rings is 3. The van der Waals surface area contributed by atoms with Gasteiger partial charge in [0, 0.05) is 35.4 Å². The van der Waals surface area contributed by atoms with Gasteiger partial charge in [-0.2, -0.15) is 0 Å². The molecule has 32 heavy (non-hydrogen) atoms. The van der Waals surface area contributed by atoms with Gasteiger partial charge in [0.25, 0.3) is 5.91 Å². The van der Waals surface area contributed by atoms with Crippen molar-refractivity contribution in [2.45, 2.75) is 6.92 Å². The number of nitrogens with zero attached hydrogens (tertiary/aromatic N) is 4. The summed E-state index contributed by atoms with van der Waals surface area (Å²) >= 11 is 0. The third-order valence-electron chi connectivity index (χ3n) is 5.04. The Bertz CT molecular complexity index is 1390. The van der Waals surface area contributed by atoms with Crippen molar-refractivity contribution in [3.63, 3.8) is 0 Å². The van der Waals surface area contributed by atoms with Gasteiger partial charge in [-0.25, -0.2) is 15.0 Å². The summed E-state index contributed by atoms with van der Waals surface area (Å²) in [5.74, 6) is 1.92. The van der Waals surface area contributed by atoms with E-state index < -0.39 is 0 Å². The number of carbonyl (C=O) groups excluding carboxylic acids is 1. The van der Waals surface area contributed by atoms with Crippen LogP contribution in [0.4, 0.5) is 17.2 Å². The maximum Gasteiger partial charge on any atom is 0.256 e. The van der Waals surface area contributed by atoms with Crippen molar-refractivity contribution in [2.75, 3.05) is 10.6 Å². The Morgan fingerprint density at radius 3 is 2.50 bits per heavy atom. The summed E-state index contributed by atoms with van der Waals surface area (Å²) in [6, 6.07) is 22.9. The van der Waals surface area contributed by atoms with E-state index in [2.05, 4.69) is 25.6 Å². The number of hydrogen-bond donors (Lipinski definition) is 2. The van der Waals surface area contributed by atoms with Gasteiger partial charge in [0.15, 0.2) is 0 Å². The number of anilines is 3. The van der Waals surface area contributed by atoms with Gasteiger partial charge >= 0.3 is 0 Å². The van der Waals surface area contributed by atoms with Crippen LogP contribution >= 0.6 is 0 Å². The third-order valence-corrected chi connectivity index (χ3v) is 5.04. The standard InChI is InChI=1S/C25H20N6O/c1-17-27-23(15-24(28-17)31-14-13-26-16-31)29-19-9-11-20(12-10-19)30-25(32)22-8-4-6-18-5-2-3-7-21(18)22/h2-16H,1H3,(H,30,32)(H,27,28,29). The minimum Gasteiger partial charge on any atom is -0.340 e. The minimum absolute atomic E-state index is 0.140. The molecular weight excluding hydrogens is 400 g/mol. The lowest BCUT2D eigenvalue weighted by molar-refractivity contribution is 0.102. The average Bonchev–Trinajstić information content (AvgIpc) is 3.35. The van der Waals surface area contributed by atoms with Crippen molar-refractivity contribution < 1.29 is 4.79 Å². The van der Waals surface area contributed by atoms with Gasteiger partial charge in [-0.05, 0) is 48.0 Å². The largest absolute Gasteiger partial charge is 0.340 e. The maximum absolute atomic E-state index is 12.8. The van der Waals surface area contributed by atoms with E-state index in [4.69, 9.17) is 0 Å². The molecule has 0 bridgehead atoms. The van der Waals surface area contributed by atoms with Crippen molar-refractivity contribution >= 4 is 33.9 Å². The molecule has 2 N–H and O–H groups in total. The zero-order valence-corrected chi connectivity index (χ0v) is 17.4. The first-order valence-corrected chi connectivity index (χ1v) is 10.2. The fourth-order valence-electron chi connectivity index (χ4n) is 3.55. The molecule has 0 saturated heterocycles. The van der Waals surface area contributed by atoms with Crippen LogP contribution in [0.25, 0.3) is 16.6 Å². The summed E-state index contributed by atoms with van der Waals surface area (Å²) in [5, 5.41) is 8.23. The van der Waals surface area contributed by atoms with Crippen molar-refractivity contribution in [3.05, 3.63) is 103 Å². The highest BCUT2D eigenvalue weighted by Gasteiger charge is 2.10. The molecule has 1 amide bonds. The van der Waals surface area contributed by atoms with Crippen LogP contribution in [0.15, 0.2) is 91.5 Å². The molecule has 0 atom stereocenters. The van der Waals surface area contributed by atoms with Gasteiger partial charge < -0.3 is 10.6 Å². The summed E-state index contributed by atoms with van der Waals surface area (Å²) in [5.41, 5.74) is 2.21. The average molecular weight is 420 g/mol. The lowest BCUT2D eigenvalue weighted by Crippen LogP contribution is -2.12. The van der Waals surface area contributed by atoms with Crippen LogP contribution in [0.5, 0.6) is 0 Å². The van der Waals surface area contributed by atoms with E-state index in [0.717, 1.165) is 22.3 Å². The highest BCUT2D eigenvalue weighted by molar-refractivity contribution is 6.12. The SMILES string of the molecule is Cc1nc(Nc2ccc(NC(=O)c3cccc4ccccc34)cc2)cc(-n2ccnc2)n1. The van der Waals surface area contributed by atoms with Gasteiger partial charge in [-0.3, -0.25) is 9.36 Å². The molecule has 0 aliphatic carbocycles. The van der Waals surface area contributed by atoms with E-state index in [1.807, 2.05) is 90.5 Å². The minimum atomic E-state index is -0.140. The second-order valence-corrected chi connectivity index (χ2v) is 7.31. The second-order valence-electron chi connectivity index (χ2n) is 7.31. The molecule has 156 valence electrons. The Hall–Kier alpha value is -4.52. The van der Waals surface area contributed by atoms with E-state index >= 15 is 0 Å². The van der Waals surface area contributed by atoms with Gasteiger partial charge in [0.05, 0.1) is 0 Å². The molecule has 0 saturated carbocycles. The fourth-order valence-corrected chi connectivity index (χ4v) is 3.55. The number of aromatic nitrogens is 4. The molecule has 3 aromatic carbocycles. The Balaban J connectivity index is 1.32. The van der Waals surface area contributed by atoms with Crippen LogP contribution in [-0.2, 0) is 0 Å². The second kappa shape index (κ2) is 8.31. The lowest BCUT2D eigenvalue weighted by Gasteiger charge is -2.11. The number of hydrogen-bond acceptors (Lipinski definition) is 5. The molecule has 0 fully saturated rings. The third kappa shape index (κ3) is 4.04. The molecule has 5 rings (SSSR count). The lowest BCUT2D eigenvalue weighted by atomic mass is 10.0. The molecule has 0 aliphatic rings. The zero-order chi connectivity index (χ0) is 21.9. The molecule has 7 nitrogen and oxygen atoms in total. The summed E-state index contributed by atoms with van der Waals surface area (Å²) < 4.78 is 1.83. The topological polar surface area (TPSA) is 84.7 Å². The van der Waals surface area contributed by atoms with Crippen molar-refractivity contribution in [1.29, 1.82) is 0 Å². The molecule has 0 spiro atoms. The molecule has 0 aliphatic heterocycles. The summed E-state index contributed by atoms with van der Waals surface area (Å²) in [6.45, 7) is 1.84. The summed E-state index contributed by atoms with van der Waals surface area (Å²) in [6.07, 6.45) is 5.23. The van der Waals surface area contributed by atoms with Crippen LogP contribution in [0, 0.1) is 6.92 Å². The number of aryl methyl sites for hydroxylation is 1. The smallest absolute Gasteiger partial charge is 0.256 e. The van der Waals surface area contributed by atoms with Gasteiger partial charge in [-0.1, -0.05) is 36.4 Å². The Morgan fingerprint density at radius 1 is 0.906 bits per heavy atom. The first-order valence-electron chi connectivity index (χ1n) is 10.2. The number of fused-ring (bicyclic) bond motifs is 1. The molecule has 0 radical (unpaired) electrons. The van der Waals surface area contributed by atoms with Crippen LogP contribution in [-0.4, -0.2) is 25.4 Å². The Morgan fingerprint density at radius 2 is 1.69 bits per heavy atom. The van der Waals surface area contributed by atoms with Crippen LogP contribution in [0.1, 0.15) is 16.2 Å². The fraction of sp³-hybridized carbons (Fsp3) is 0.0400. The van der Waals surface area contributed by atoms with Crippen LogP contribution in [0.2, 0.25) is 0 Å². The number of amides is 1. The van der Waals surface area contributed by atoms with Crippen molar-refractivity contribution in [2.24, 2.45) is 0 Å².